The van der Waals surface area contributed by atoms with Crippen molar-refractivity contribution in [3.8, 4) is 0 Å². The highest BCUT2D eigenvalue weighted by Gasteiger charge is 2.78. The summed E-state index contributed by atoms with van der Waals surface area (Å²) in [5, 5.41) is 0. The van der Waals surface area contributed by atoms with E-state index in [1.165, 1.54) is 37.0 Å². The average Bonchev–Trinajstić information content (AvgIpc) is 3.44. The number of halogens is 1. The third-order valence-corrected chi connectivity index (χ3v) is 9.16. The quantitative estimate of drug-likeness (QED) is 0.530. The normalized spacial score (nSPS) is 44.0. The van der Waals surface area contributed by atoms with Crippen molar-refractivity contribution in [2.45, 2.75) is 63.8 Å². The minimum atomic E-state index is -0.202. The molecule has 0 amide bonds. The lowest BCUT2D eigenvalue weighted by Crippen LogP contribution is -2.54. The van der Waals surface area contributed by atoms with Crippen molar-refractivity contribution in [1.82, 2.24) is 4.90 Å². The molecule has 2 aliphatic carbocycles. The first-order valence-electron chi connectivity index (χ1n) is 12.0. The second kappa shape index (κ2) is 6.89. The Balaban J connectivity index is 1.17. The summed E-state index contributed by atoms with van der Waals surface area (Å²) in [5.74, 6) is 0.443. The van der Waals surface area contributed by atoms with Gasteiger partial charge in [0, 0.05) is 31.0 Å². The molecule has 1 spiro atoms. The Kier molecular flexibility index (Phi) is 4.43. The number of hydrogen-bond acceptors (Lipinski definition) is 4. The Morgan fingerprint density at radius 1 is 1.26 bits per heavy atom. The molecular formula is C26H32FNO3. The van der Waals surface area contributed by atoms with Crippen LogP contribution in [0.1, 0.15) is 51.5 Å². The van der Waals surface area contributed by atoms with E-state index in [9.17, 15) is 9.18 Å². The van der Waals surface area contributed by atoms with E-state index in [4.69, 9.17) is 9.47 Å². The van der Waals surface area contributed by atoms with Crippen molar-refractivity contribution in [2.24, 2.45) is 23.2 Å². The lowest BCUT2D eigenvalue weighted by atomic mass is 9.53. The van der Waals surface area contributed by atoms with Crippen LogP contribution in [-0.4, -0.2) is 48.3 Å². The van der Waals surface area contributed by atoms with Gasteiger partial charge in [-0.05, 0) is 54.9 Å². The number of carbonyl (C=O) groups is 1. The van der Waals surface area contributed by atoms with Crippen molar-refractivity contribution in [2.75, 3.05) is 19.6 Å². The van der Waals surface area contributed by atoms with Crippen molar-refractivity contribution in [1.29, 1.82) is 0 Å². The molecule has 2 saturated carbocycles. The number of epoxide rings is 1. The molecule has 4 fully saturated rings. The van der Waals surface area contributed by atoms with Gasteiger partial charge in [0.2, 0.25) is 0 Å². The van der Waals surface area contributed by atoms with Crippen LogP contribution in [0.4, 0.5) is 4.39 Å². The second-order valence-electron chi connectivity index (χ2n) is 10.8. The second-order valence-corrected chi connectivity index (χ2v) is 10.8. The Morgan fingerprint density at radius 3 is 2.81 bits per heavy atom. The van der Waals surface area contributed by atoms with Crippen molar-refractivity contribution < 1.29 is 18.7 Å². The van der Waals surface area contributed by atoms with Crippen LogP contribution in [0.5, 0.6) is 0 Å². The van der Waals surface area contributed by atoms with E-state index < -0.39 is 0 Å². The smallest absolute Gasteiger partial charge is 0.311 e. The molecule has 6 rings (SSSR count). The van der Waals surface area contributed by atoms with E-state index in [2.05, 4.69) is 24.8 Å². The van der Waals surface area contributed by atoms with Gasteiger partial charge in [0.15, 0.2) is 0 Å². The standard InChI is InChI=1S/C26H32FNO3/c1-16-4-3-11-25(2)14-21-22(23-26(16,25)31-23)20(24(29)30-21)15-28-12-9-18(10-13-28)17-5-7-19(27)8-6-17/h5-9,16,20-23H,3-4,10-15H2,1-2H3. The molecule has 5 aliphatic rings. The monoisotopic (exact) mass is 425 g/mol. The van der Waals surface area contributed by atoms with Gasteiger partial charge in [0.1, 0.15) is 17.5 Å². The Labute approximate surface area is 183 Å². The lowest BCUT2D eigenvalue weighted by Gasteiger charge is -2.49. The molecule has 0 N–H and O–H groups in total. The van der Waals surface area contributed by atoms with Crippen LogP contribution in [-0.2, 0) is 14.3 Å². The molecular weight excluding hydrogens is 393 g/mol. The van der Waals surface area contributed by atoms with E-state index in [1.807, 2.05) is 12.1 Å². The highest BCUT2D eigenvalue weighted by Crippen LogP contribution is 2.70. The molecule has 7 unspecified atom stereocenters. The number of hydrogen-bond donors (Lipinski definition) is 0. The van der Waals surface area contributed by atoms with Crippen molar-refractivity contribution in [3.63, 3.8) is 0 Å². The summed E-state index contributed by atoms with van der Waals surface area (Å²) in [6.07, 6.45) is 7.96. The summed E-state index contributed by atoms with van der Waals surface area (Å²) in [4.78, 5) is 15.3. The van der Waals surface area contributed by atoms with Gasteiger partial charge in [-0.1, -0.05) is 38.5 Å². The van der Waals surface area contributed by atoms with E-state index in [0.717, 1.165) is 38.0 Å². The first-order chi connectivity index (χ1) is 14.9. The molecule has 1 aromatic rings. The largest absolute Gasteiger partial charge is 0.462 e. The first-order valence-corrected chi connectivity index (χ1v) is 12.0. The van der Waals surface area contributed by atoms with Crippen LogP contribution < -0.4 is 0 Å². The number of rotatable bonds is 3. The van der Waals surface area contributed by atoms with E-state index in [-0.39, 0.29) is 46.8 Å². The van der Waals surface area contributed by atoms with Gasteiger partial charge in [0.25, 0.3) is 0 Å². The minimum Gasteiger partial charge on any atom is -0.462 e. The molecule has 0 radical (unpaired) electrons. The fourth-order valence-corrected chi connectivity index (χ4v) is 7.52. The van der Waals surface area contributed by atoms with Crippen LogP contribution in [0, 0.1) is 29.0 Å². The zero-order valence-electron chi connectivity index (χ0n) is 18.5. The van der Waals surface area contributed by atoms with Crippen LogP contribution in [0.3, 0.4) is 0 Å². The molecule has 7 atom stereocenters. The Hall–Kier alpha value is -1.72. The summed E-state index contributed by atoms with van der Waals surface area (Å²) < 4.78 is 25.7. The van der Waals surface area contributed by atoms with Crippen LogP contribution in [0.15, 0.2) is 30.3 Å². The fourth-order valence-electron chi connectivity index (χ4n) is 7.52. The lowest BCUT2D eigenvalue weighted by molar-refractivity contribution is -0.146. The van der Waals surface area contributed by atoms with Crippen molar-refractivity contribution in [3.05, 3.63) is 41.7 Å². The van der Waals surface area contributed by atoms with Crippen molar-refractivity contribution >= 4 is 11.5 Å². The predicted octanol–water partition coefficient (Wildman–Crippen LogP) is 4.44. The minimum absolute atomic E-state index is 0.0172. The SMILES string of the molecule is CC1CCCC2(C)CC3OC(=O)C(CN4CC=C(c5ccc(F)cc5)CC4)C3C3OC132. The maximum absolute atomic E-state index is 13.2. The summed E-state index contributed by atoms with van der Waals surface area (Å²) in [6.45, 7) is 7.19. The van der Waals surface area contributed by atoms with Gasteiger partial charge >= 0.3 is 5.97 Å². The van der Waals surface area contributed by atoms with Gasteiger partial charge in [-0.15, -0.1) is 0 Å². The number of nitrogens with zero attached hydrogens (tertiary/aromatic N) is 1. The molecule has 166 valence electrons. The van der Waals surface area contributed by atoms with Gasteiger partial charge in [-0.25, -0.2) is 4.39 Å². The maximum Gasteiger partial charge on any atom is 0.311 e. The molecule has 5 heteroatoms. The van der Waals surface area contributed by atoms with E-state index >= 15 is 0 Å². The van der Waals surface area contributed by atoms with Gasteiger partial charge in [-0.2, -0.15) is 0 Å². The number of benzene rings is 1. The molecule has 31 heavy (non-hydrogen) atoms. The third-order valence-electron chi connectivity index (χ3n) is 9.16. The molecule has 0 aromatic heterocycles. The zero-order chi connectivity index (χ0) is 21.4. The summed E-state index contributed by atoms with van der Waals surface area (Å²) >= 11 is 0. The number of fused-ring (bicyclic) bond motifs is 2. The first kappa shape index (κ1) is 19.9. The number of carbonyl (C=O) groups excluding carboxylic acids is 1. The van der Waals surface area contributed by atoms with E-state index in [0.29, 0.717) is 5.92 Å². The number of esters is 1. The molecule has 3 heterocycles. The molecule has 3 aliphatic heterocycles. The van der Waals surface area contributed by atoms with Gasteiger partial charge < -0.3 is 9.47 Å². The highest BCUT2D eigenvalue weighted by molar-refractivity contribution is 5.76. The molecule has 0 bridgehead atoms. The number of ether oxygens (including phenoxy) is 2. The fraction of sp³-hybridized carbons (Fsp3) is 0.654. The Bertz CT molecular complexity index is 929. The molecule has 1 aromatic carbocycles. The van der Waals surface area contributed by atoms with Crippen LogP contribution >= 0.6 is 0 Å². The Morgan fingerprint density at radius 2 is 2.06 bits per heavy atom. The maximum atomic E-state index is 13.2. The molecule has 2 saturated heterocycles. The van der Waals surface area contributed by atoms with Gasteiger partial charge in [-0.3, -0.25) is 9.69 Å². The molecule has 4 nitrogen and oxygen atoms in total. The van der Waals surface area contributed by atoms with Crippen LogP contribution in [0.2, 0.25) is 0 Å². The average molecular weight is 426 g/mol. The predicted molar refractivity (Wildman–Crippen MR) is 116 cm³/mol. The topological polar surface area (TPSA) is 42.1 Å². The summed E-state index contributed by atoms with van der Waals surface area (Å²) in [6, 6.07) is 6.74. The highest BCUT2D eigenvalue weighted by atomic mass is 19.1. The van der Waals surface area contributed by atoms with Crippen LogP contribution in [0.25, 0.3) is 5.57 Å². The zero-order valence-corrected chi connectivity index (χ0v) is 18.5. The van der Waals surface area contributed by atoms with Gasteiger partial charge in [0.05, 0.1) is 12.0 Å². The summed E-state index contributed by atoms with van der Waals surface area (Å²) in [5.41, 5.74) is 2.46. The summed E-state index contributed by atoms with van der Waals surface area (Å²) in [7, 11) is 0. The van der Waals surface area contributed by atoms with E-state index in [1.54, 1.807) is 0 Å². The third kappa shape index (κ3) is 2.88.